The number of hydrogen-bond donors (Lipinski definition) is 1. The first kappa shape index (κ1) is 16.2. The second-order valence-electron chi connectivity index (χ2n) is 5.33. The first-order valence-electron chi connectivity index (χ1n) is 7.47. The smallest absolute Gasteiger partial charge is 0.161 e. The van der Waals surface area contributed by atoms with Crippen LogP contribution in [0.25, 0.3) is 11.4 Å². The van der Waals surface area contributed by atoms with Crippen LogP contribution in [0.2, 0.25) is 0 Å². The molecule has 1 heterocycles. The largest absolute Gasteiger partial charge is 0.369 e. The maximum Gasteiger partial charge on any atom is 0.161 e. The molecule has 0 spiro atoms. The zero-order valence-electron chi connectivity index (χ0n) is 13.1. The maximum atomic E-state index is 4.78. The summed E-state index contributed by atoms with van der Waals surface area (Å²) in [7, 11) is 0. The number of rotatable bonds is 5. The zero-order chi connectivity index (χ0) is 15.4. The topological polar surface area (TPSA) is 37.8 Å². The highest BCUT2D eigenvalue weighted by molar-refractivity contribution is 14.1. The molecule has 1 aromatic heterocycles. The first-order valence-corrected chi connectivity index (χ1v) is 8.55. The van der Waals surface area contributed by atoms with Crippen molar-refractivity contribution in [2.24, 2.45) is 0 Å². The lowest BCUT2D eigenvalue weighted by Gasteiger charge is -2.14. The molecule has 112 valence electrons. The van der Waals surface area contributed by atoms with Crippen LogP contribution in [0, 0.1) is 3.57 Å². The van der Waals surface area contributed by atoms with Gasteiger partial charge in [0, 0.05) is 12.1 Å². The van der Waals surface area contributed by atoms with Crippen LogP contribution < -0.4 is 5.32 Å². The van der Waals surface area contributed by atoms with E-state index in [1.165, 1.54) is 5.56 Å². The molecule has 3 nitrogen and oxygen atoms in total. The fourth-order valence-corrected chi connectivity index (χ4v) is 3.20. The standard InChI is InChI=1S/C17H22IN3/c1-5-12-7-9-13(10-8-12)16-20-15(11(3)4)14(18)17(21-16)19-6-2/h7-11H,5-6H2,1-4H3,(H,19,20,21). The molecule has 2 rings (SSSR count). The van der Waals surface area contributed by atoms with Crippen LogP contribution in [-0.4, -0.2) is 16.5 Å². The molecule has 0 radical (unpaired) electrons. The van der Waals surface area contributed by atoms with Gasteiger partial charge in [0.25, 0.3) is 0 Å². The van der Waals surface area contributed by atoms with E-state index in [1.54, 1.807) is 0 Å². The molecular weight excluding hydrogens is 373 g/mol. The molecule has 2 aromatic rings. The third-order valence-corrected chi connectivity index (χ3v) is 4.45. The quantitative estimate of drug-likeness (QED) is 0.735. The molecule has 1 aromatic carbocycles. The van der Waals surface area contributed by atoms with Gasteiger partial charge in [-0.2, -0.15) is 0 Å². The fraction of sp³-hybridized carbons (Fsp3) is 0.412. The van der Waals surface area contributed by atoms with Gasteiger partial charge in [0.15, 0.2) is 5.82 Å². The number of aromatic nitrogens is 2. The average Bonchev–Trinajstić information content (AvgIpc) is 2.49. The predicted molar refractivity (Wildman–Crippen MR) is 97.8 cm³/mol. The summed E-state index contributed by atoms with van der Waals surface area (Å²) in [5.41, 5.74) is 3.51. The second kappa shape index (κ2) is 7.20. The van der Waals surface area contributed by atoms with Gasteiger partial charge in [-0.25, -0.2) is 9.97 Å². The summed E-state index contributed by atoms with van der Waals surface area (Å²) in [4.78, 5) is 9.48. The number of benzene rings is 1. The highest BCUT2D eigenvalue weighted by Gasteiger charge is 2.15. The normalized spacial score (nSPS) is 11.0. The third-order valence-electron chi connectivity index (χ3n) is 3.39. The molecule has 0 saturated heterocycles. The van der Waals surface area contributed by atoms with Crippen LogP contribution in [0.3, 0.4) is 0 Å². The minimum atomic E-state index is 0.381. The number of nitrogens with zero attached hydrogens (tertiary/aromatic N) is 2. The third kappa shape index (κ3) is 3.73. The molecule has 21 heavy (non-hydrogen) atoms. The minimum absolute atomic E-state index is 0.381. The molecular formula is C17H22IN3. The van der Waals surface area contributed by atoms with E-state index in [1.807, 2.05) is 0 Å². The summed E-state index contributed by atoms with van der Waals surface area (Å²) in [6.45, 7) is 9.45. The molecule has 0 aliphatic carbocycles. The van der Waals surface area contributed by atoms with Gasteiger partial charge < -0.3 is 5.32 Å². The van der Waals surface area contributed by atoms with Crippen LogP contribution in [0.1, 0.15) is 44.9 Å². The number of halogens is 1. The Hall–Kier alpha value is -1.17. The molecule has 0 fully saturated rings. The zero-order valence-corrected chi connectivity index (χ0v) is 15.2. The Balaban J connectivity index is 2.51. The van der Waals surface area contributed by atoms with Crippen molar-refractivity contribution < 1.29 is 0 Å². The summed E-state index contributed by atoms with van der Waals surface area (Å²) in [6.07, 6.45) is 1.05. The highest BCUT2D eigenvalue weighted by atomic mass is 127. The van der Waals surface area contributed by atoms with Gasteiger partial charge in [0.05, 0.1) is 9.26 Å². The van der Waals surface area contributed by atoms with Crippen molar-refractivity contribution in [3.8, 4) is 11.4 Å². The molecule has 0 amide bonds. The molecule has 0 bridgehead atoms. The molecule has 0 atom stereocenters. The number of nitrogens with one attached hydrogen (secondary N) is 1. The van der Waals surface area contributed by atoms with Crippen LogP contribution in [0.5, 0.6) is 0 Å². The summed E-state index contributed by atoms with van der Waals surface area (Å²) < 4.78 is 1.12. The van der Waals surface area contributed by atoms with E-state index in [4.69, 9.17) is 9.97 Å². The molecule has 1 N–H and O–H groups in total. The van der Waals surface area contributed by atoms with E-state index in [9.17, 15) is 0 Å². The lowest BCUT2D eigenvalue weighted by atomic mass is 10.1. The van der Waals surface area contributed by atoms with Crippen LogP contribution in [0.15, 0.2) is 24.3 Å². The number of aryl methyl sites for hydroxylation is 1. The lowest BCUT2D eigenvalue weighted by Crippen LogP contribution is -2.09. The predicted octanol–water partition coefficient (Wildman–Crippen LogP) is 4.87. The van der Waals surface area contributed by atoms with Crippen LogP contribution >= 0.6 is 22.6 Å². The monoisotopic (exact) mass is 395 g/mol. The van der Waals surface area contributed by atoms with E-state index in [2.05, 4.69) is 79.9 Å². The van der Waals surface area contributed by atoms with Gasteiger partial charge >= 0.3 is 0 Å². The molecule has 0 saturated carbocycles. The lowest BCUT2D eigenvalue weighted by molar-refractivity contribution is 0.808. The minimum Gasteiger partial charge on any atom is -0.369 e. The van der Waals surface area contributed by atoms with Crippen molar-refractivity contribution in [2.45, 2.75) is 40.0 Å². The van der Waals surface area contributed by atoms with Crippen molar-refractivity contribution in [3.05, 3.63) is 39.1 Å². The van der Waals surface area contributed by atoms with Gasteiger partial charge in [-0.3, -0.25) is 0 Å². The highest BCUT2D eigenvalue weighted by Crippen LogP contribution is 2.28. The van der Waals surface area contributed by atoms with Gasteiger partial charge in [-0.05, 0) is 47.4 Å². The van der Waals surface area contributed by atoms with E-state index in [0.29, 0.717) is 5.92 Å². The molecule has 0 aliphatic rings. The van der Waals surface area contributed by atoms with E-state index in [-0.39, 0.29) is 0 Å². The van der Waals surface area contributed by atoms with Crippen molar-refractivity contribution in [2.75, 3.05) is 11.9 Å². The van der Waals surface area contributed by atoms with E-state index >= 15 is 0 Å². The van der Waals surface area contributed by atoms with Crippen LogP contribution in [0.4, 0.5) is 5.82 Å². The summed E-state index contributed by atoms with van der Waals surface area (Å²) >= 11 is 2.34. The van der Waals surface area contributed by atoms with Crippen LogP contribution in [-0.2, 0) is 6.42 Å². The Morgan fingerprint density at radius 2 is 1.76 bits per heavy atom. The second-order valence-corrected chi connectivity index (χ2v) is 6.41. The van der Waals surface area contributed by atoms with Crippen molar-refractivity contribution in [3.63, 3.8) is 0 Å². The summed E-state index contributed by atoms with van der Waals surface area (Å²) in [5.74, 6) is 2.12. The average molecular weight is 395 g/mol. The van der Waals surface area contributed by atoms with Gasteiger partial charge in [0.1, 0.15) is 5.82 Å². The molecule has 0 unspecified atom stereocenters. The Morgan fingerprint density at radius 1 is 1.10 bits per heavy atom. The van der Waals surface area contributed by atoms with Gasteiger partial charge in [-0.1, -0.05) is 45.0 Å². The Kier molecular flexibility index (Phi) is 5.56. The van der Waals surface area contributed by atoms with Crippen molar-refractivity contribution in [1.82, 2.24) is 9.97 Å². The van der Waals surface area contributed by atoms with Gasteiger partial charge in [0.2, 0.25) is 0 Å². The maximum absolute atomic E-state index is 4.78. The van der Waals surface area contributed by atoms with Crippen molar-refractivity contribution in [1.29, 1.82) is 0 Å². The van der Waals surface area contributed by atoms with E-state index < -0.39 is 0 Å². The van der Waals surface area contributed by atoms with E-state index in [0.717, 1.165) is 39.4 Å². The fourth-order valence-electron chi connectivity index (χ4n) is 2.15. The SMILES string of the molecule is CCNc1nc(-c2ccc(CC)cc2)nc(C(C)C)c1I. The molecule has 4 heteroatoms. The number of anilines is 1. The summed E-state index contributed by atoms with van der Waals surface area (Å²) in [5, 5.41) is 3.35. The summed E-state index contributed by atoms with van der Waals surface area (Å²) in [6, 6.07) is 8.53. The number of hydrogen-bond acceptors (Lipinski definition) is 3. The Bertz CT molecular complexity index is 606. The molecule has 0 aliphatic heterocycles. The first-order chi connectivity index (χ1) is 10.1. The van der Waals surface area contributed by atoms with Crippen molar-refractivity contribution >= 4 is 28.4 Å². The Labute approximate surface area is 140 Å². The van der Waals surface area contributed by atoms with Gasteiger partial charge in [-0.15, -0.1) is 0 Å². The Morgan fingerprint density at radius 3 is 2.29 bits per heavy atom.